The second-order valence-electron chi connectivity index (χ2n) is 13.2. The fourth-order valence-electron chi connectivity index (χ4n) is 5.09. The van der Waals surface area contributed by atoms with Crippen LogP contribution in [0.4, 0.5) is 10.6 Å². The largest absolute Gasteiger partial charge is 0.458 e. The number of fused-ring (bicyclic) bond motifs is 2. The molecule has 3 N–H and O–H groups in total. The number of amides is 1. The summed E-state index contributed by atoms with van der Waals surface area (Å²) in [5, 5.41) is 2.66. The lowest BCUT2D eigenvalue weighted by molar-refractivity contribution is -0.197. The Hall–Kier alpha value is -3.51. The zero-order valence-corrected chi connectivity index (χ0v) is 26.1. The van der Waals surface area contributed by atoms with Gasteiger partial charge in [-0.3, -0.25) is 9.47 Å². The Balaban J connectivity index is 1.51. The van der Waals surface area contributed by atoms with Gasteiger partial charge in [0.1, 0.15) is 47.4 Å². The molecule has 0 unspecified atom stereocenters. The maximum Gasteiger partial charge on any atom is 0.408 e. The van der Waals surface area contributed by atoms with E-state index >= 15 is 0 Å². The van der Waals surface area contributed by atoms with Crippen molar-refractivity contribution < 1.29 is 33.3 Å². The third kappa shape index (κ3) is 8.11. The number of rotatable bonds is 9. The van der Waals surface area contributed by atoms with E-state index in [1.165, 1.54) is 6.33 Å². The molecule has 0 aliphatic carbocycles. The van der Waals surface area contributed by atoms with Crippen molar-refractivity contribution in [1.82, 2.24) is 29.7 Å². The molecule has 2 saturated heterocycles. The number of hydrogen-bond donors (Lipinski definition) is 2. The van der Waals surface area contributed by atoms with Crippen molar-refractivity contribution in [1.29, 1.82) is 0 Å². The fraction of sp³-hybridized carbons (Fsp3) is 0.690. The molecule has 5 atom stereocenters. The topological polar surface area (TPSA) is 165 Å². The number of anilines is 1. The van der Waals surface area contributed by atoms with Gasteiger partial charge < -0.3 is 34.7 Å². The second kappa shape index (κ2) is 12.2. The van der Waals surface area contributed by atoms with E-state index in [0.717, 1.165) is 0 Å². The van der Waals surface area contributed by atoms with E-state index in [1.807, 2.05) is 18.7 Å². The zero-order chi connectivity index (χ0) is 31.7. The molecule has 14 heteroatoms. The van der Waals surface area contributed by atoms with Crippen molar-refractivity contribution in [2.75, 3.05) is 25.4 Å². The first-order chi connectivity index (χ1) is 20.0. The summed E-state index contributed by atoms with van der Waals surface area (Å²) in [5.74, 6) is 1.51. The first-order valence-corrected chi connectivity index (χ1v) is 14.3. The zero-order valence-electron chi connectivity index (χ0n) is 26.1. The first-order valence-electron chi connectivity index (χ1n) is 14.3. The molecule has 4 rings (SSSR count). The van der Waals surface area contributed by atoms with Gasteiger partial charge >= 0.3 is 12.1 Å². The van der Waals surface area contributed by atoms with Crippen molar-refractivity contribution >= 4 is 29.0 Å². The molecule has 2 aromatic heterocycles. The second-order valence-corrected chi connectivity index (χ2v) is 13.2. The summed E-state index contributed by atoms with van der Waals surface area (Å²) in [5.41, 5.74) is 5.50. The van der Waals surface area contributed by atoms with E-state index in [2.05, 4.69) is 26.2 Å². The average molecular weight is 602 g/mol. The number of nitrogen functional groups attached to an aromatic ring is 1. The Morgan fingerprint density at radius 1 is 1.14 bits per heavy atom. The Morgan fingerprint density at radius 3 is 2.47 bits per heavy atom. The number of hydrogen-bond acceptors (Lipinski definition) is 12. The lowest BCUT2D eigenvalue weighted by Crippen LogP contribution is -2.48. The Labute approximate surface area is 251 Å². The summed E-state index contributed by atoms with van der Waals surface area (Å²) < 4.78 is 31.8. The standard InChI is InChI=1S/C29H43N7O7/c1-10-12-35(13-11-17(25(37)42-27(2,3)4)34-26(38)43-28(5,6)7)14-18-20-21(41-29(8,9)40-20)24(39-18)36-16-33-19-22(30)31-15-32-23(19)36/h1,15-18,20-21,24H,11-14H2,2-9H3,(H,34,38)(H2,30,31,32)/t17-,18+,20+,21+,24+/m0/s1. The smallest absolute Gasteiger partial charge is 0.408 e. The number of nitrogens with one attached hydrogen (secondary N) is 1. The van der Waals surface area contributed by atoms with Crippen LogP contribution in [0.15, 0.2) is 12.7 Å². The monoisotopic (exact) mass is 601 g/mol. The quantitative estimate of drug-likeness (QED) is 0.319. The van der Waals surface area contributed by atoms with Crippen molar-refractivity contribution in [3.63, 3.8) is 0 Å². The van der Waals surface area contributed by atoms with Crippen LogP contribution in [0.25, 0.3) is 11.2 Å². The molecule has 2 aromatic rings. The minimum absolute atomic E-state index is 0.214. The lowest BCUT2D eigenvalue weighted by atomic mass is 10.1. The van der Waals surface area contributed by atoms with E-state index < -0.39 is 59.6 Å². The van der Waals surface area contributed by atoms with Crippen LogP contribution >= 0.6 is 0 Å². The average Bonchev–Trinajstić information content (AvgIpc) is 3.51. The molecule has 0 spiro atoms. The number of terminal acetylenes is 1. The molecular formula is C29H43N7O7. The van der Waals surface area contributed by atoms with Gasteiger partial charge in [0, 0.05) is 13.1 Å². The molecule has 236 valence electrons. The maximum absolute atomic E-state index is 13.1. The van der Waals surface area contributed by atoms with Gasteiger partial charge in [-0.05, 0) is 61.8 Å². The number of ether oxygens (including phenoxy) is 5. The van der Waals surface area contributed by atoms with Gasteiger partial charge in [0.05, 0.1) is 12.9 Å². The number of nitrogens with zero attached hydrogens (tertiary/aromatic N) is 5. The van der Waals surface area contributed by atoms with Crippen LogP contribution in [0, 0.1) is 12.3 Å². The number of carbonyl (C=O) groups excluding carboxylic acids is 2. The molecule has 2 fully saturated rings. The van der Waals surface area contributed by atoms with Crippen molar-refractivity contribution in [3.05, 3.63) is 12.7 Å². The predicted octanol–water partition coefficient (Wildman–Crippen LogP) is 2.39. The van der Waals surface area contributed by atoms with Crippen LogP contribution in [0.5, 0.6) is 0 Å². The van der Waals surface area contributed by atoms with Gasteiger partial charge in [0.25, 0.3) is 0 Å². The van der Waals surface area contributed by atoms with Gasteiger partial charge in [-0.1, -0.05) is 5.92 Å². The molecule has 1 amide bonds. The molecule has 2 aliphatic heterocycles. The number of imidazole rings is 1. The first kappa shape index (κ1) is 32.4. The molecule has 14 nitrogen and oxygen atoms in total. The van der Waals surface area contributed by atoms with Crippen LogP contribution < -0.4 is 11.1 Å². The fourth-order valence-corrected chi connectivity index (χ4v) is 5.09. The summed E-state index contributed by atoms with van der Waals surface area (Å²) in [6.45, 7) is 15.2. The lowest BCUT2D eigenvalue weighted by Gasteiger charge is -2.30. The molecular weight excluding hydrogens is 558 g/mol. The Bertz CT molecular complexity index is 1360. The van der Waals surface area contributed by atoms with E-state index in [4.69, 9.17) is 35.8 Å². The summed E-state index contributed by atoms with van der Waals surface area (Å²) in [4.78, 5) is 40.3. The van der Waals surface area contributed by atoms with Gasteiger partial charge in [0.2, 0.25) is 0 Å². The molecule has 43 heavy (non-hydrogen) atoms. The molecule has 0 bridgehead atoms. The van der Waals surface area contributed by atoms with Crippen molar-refractivity contribution in [2.45, 2.75) is 109 Å². The third-order valence-electron chi connectivity index (χ3n) is 6.66. The number of alkyl carbamates (subject to hydrolysis) is 1. The van der Waals surface area contributed by atoms with Crippen LogP contribution in [0.1, 0.15) is 68.0 Å². The van der Waals surface area contributed by atoms with Gasteiger partial charge in [-0.25, -0.2) is 24.5 Å². The maximum atomic E-state index is 13.1. The Kier molecular flexibility index (Phi) is 9.22. The van der Waals surface area contributed by atoms with E-state index in [9.17, 15) is 9.59 Å². The summed E-state index contributed by atoms with van der Waals surface area (Å²) in [6.07, 6.45) is 6.23. The number of carbonyl (C=O) groups is 2. The molecule has 4 heterocycles. The molecule has 0 saturated carbocycles. The normalized spacial score (nSPS) is 24.0. The van der Waals surface area contributed by atoms with Crippen molar-refractivity contribution in [3.8, 4) is 12.3 Å². The van der Waals surface area contributed by atoms with Gasteiger partial charge in [0.15, 0.2) is 23.5 Å². The Morgan fingerprint density at radius 2 is 1.81 bits per heavy atom. The number of nitrogens with two attached hydrogens (primary N) is 1. The van der Waals surface area contributed by atoms with Gasteiger partial charge in [-0.15, -0.1) is 6.42 Å². The van der Waals surface area contributed by atoms with Crippen LogP contribution in [0.3, 0.4) is 0 Å². The highest BCUT2D eigenvalue weighted by atomic mass is 16.8. The highest BCUT2D eigenvalue weighted by molar-refractivity contribution is 5.82. The summed E-state index contributed by atoms with van der Waals surface area (Å²) >= 11 is 0. The predicted molar refractivity (Wildman–Crippen MR) is 156 cm³/mol. The summed E-state index contributed by atoms with van der Waals surface area (Å²) in [7, 11) is 0. The third-order valence-corrected chi connectivity index (χ3v) is 6.66. The van der Waals surface area contributed by atoms with E-state index in [0.29, 0.717) is 24.3 Å². The molecule has 0 radical (unpaired) electrons. The van der Waals surface area contributed by atoms with Crippen LogP contribution in [0.2, 0.25) is 0 Å². The molecule has 2 aliphatic rings. The highest BCUT2D eigenvalue weighted by Crippen LogP contribution is 2.44. The van der Waals surface area contributed by atoms with Gasteiger partial charge in [-0.2, -0.15) is 0 Å². The highest BCUT2D eigenvalue weighted by Gasteiger charge is 2.56. The minimum atomic E-state index is -0.966. The van der Waals surface area contributed by atoms with Crippen LogP contribution in [-0.2, 0) is 28.5 Å². The van der Waals surface area contributed by atoms with E-state index in [-0.39, 0.29) is 18.8 Å². The summed E-state index contributed by atoms with van der Waals surface area (Å²) in [6, 6.07) is -0.966. The number of aromatic nitrogens is 4. The number of esters is 1. The van der Waals surface area contributed by atoms with Crippen LogP contribution in [-0.4, -0.2) is 97.5 Å². The molecule has 0 aromatic carbocycles. The van der Waals surface area contributed by atoms with E-state index in [1.54, 1.807) is 52.4 Å². The SMILES string of the molecule is C#CCN(CC[C@H](NC(=O)OC(C)(C)C)C(=O)OC(C)(C)C)C[C@H]1O[C@@H](n2cnc3c(N)ncnc32)[C@@H]2OC(C)(C)O[C@@H]21. The van der Waals surface area contributed by atoms with Crippen molar-refractivity contribution in [2.24, 2.45) is 0 Å². The minimum Gasteiger partial charge on any atom is -0.458 e.